The highest BCUT2D eigenvalue weighted by atomic mass is 32.2. The summed E-state index contributed by atoms with van der Waals surface area (Å²) < 4.78 is 11.8. The van der Waals surface area contributed by atoms with Gasteiger partial charge in [0.05, 0.1) is 12.8 Å². The molecule has 2 aromatic carbocycles. The Kier molecular flexibility index (Phi) is 5.85. The quantitative estimate of drug-likeness (QED) is 0.561. The summed E-state index contributed by atoms with van der Waals surface area (Å²) in [5.74, 6) is 0.993. The number of ether oxygens (including phenoxy) is 2. The maximum absolute atomic E-state index is 13.3. The maximum atomic E-state index is 13.3. The van der Waals surface area contributed by atoms with Crippen LogP contribution < -0.4 is 14.4 Å². The molecular weight excluding hydrogens is 400 g/mol. The molecule has 30 heavy (non-hydrogen) atoms. The second kappa shape index (κ2) is 8.71. The molecule has 0 N–H and O–H groups in total. The van der Waals surface area contributed by atoms with E-state index in [-0.39, 0.29) is 5.91 Å². The lowest BCUT2D eigenvalue weighted by molar-refractivity contribution is -0.120. The van der Waals surface area contributed by atoms with Gasteiger partial charge in [-0.25, -0.2) is 0 Å². The molecule has 1 atom stereocenters. The Morgan fingerprint density at radius 1 is 1.20 bits per heavy atom. The number of aromatic nitrogens is 3. The number of anilines is 1. The first-order valence-corrected chi connectivity index (χ1v) is 10.9. The number of carbonyl (C=O) groups excluding carboxylic acids is 1. The summed E-state index contributed by atoms with van der Waals surface area (Å²) in [6.45, 7) is 1.98. The van der Waals surface area contributed by atoms with Gasteiger partial charge in [-0.3, -0.25) is 9.69 Å². The number of para-hydroxylation sites is 1. The summed E-state index contributed by atoms with van der Waals surface area (Å²) in [5.41, 5.74) is 2.78. The van der Waals surface area contributed by atoms with E-state index in [9.17, 15) is 4.79 Å². The molecule has 4 rings (SSSR count). The third kappa shape index (κ3) is 3.70. The van der Waals surface area contributed by atoms with Gasteiger partial charge >= 0.3 is 0 Å². The van der Waals surface area contributed by atoms with E-state index in [1.165, 1.54) is 11.8 Å². The second-order valence-electron chi connectivity index (χ2n) is 6.73. The first-order valence-electron chi connectivity index (χ1n) is 9.67. The summed E-state index contributed by atoms with van der Waals surface area (Å²) in [7, 11) is 1.61. The molecule has 3 aromatic rings. The lowest BCUT2D eigenvalue weighted by atomic mass is 10.1. The number of hydrogen-bond donors (Lipinski definition) is 0. The molecule has 0 unspecified atom stereocenters. The van der Waals surface area contributed by atoms with Gasteiger partial charge < -0.3 is 9.47 Å². The van der Waals surface area contributed by atoms with Crippen molar-refractivity contribution in [1.29, 1.82) is 0 Å². The van der Waals surface area contributed by atoms with Crippen LogP contribution in [-0.4, -0.2) is 34.5 Å². The van der Waals surface area contributed by atoms with Crippen molar-refractivity contribution in [2.45, 2.75) is 31.1 Å². The van der Waals surface area contributed by atoms with Gasteiger partial charge in [0.2, 0.25) is 23.2 Å². The van der Waals surface area contributed by atoms with Crippen LogP contribution in [0.1, 0.15) is 31.6 Å². The molecule has 0 aliphatic carbocycles. The molecule has 0 fully saturated rings. The molecule has 0 saturated carbocycles. The zero-order valence-corrected chi connectivity index (χ0v) is 17.8. The number of nitrogens with zero attached hydrogens (tertiary/aromatic N) is 4. The molecule has 0 radical (unpaired) electrons. The summed E-state index contributed by atoms with van der Waals surface area (Å²) in [5, 5.41) is 9.06. The molecule has 1 aliphatic rings. The Hall–Kier alpha value is -3.13. The van der Waals surface area contributed by atoms with Gasteiger partial charge in [0.15, 0.2) is 5.69 Å². The molecule has 0 bridgehead atoms. The number of amides is 1. The van der Waals surface area contributed by atoms with Gasteiger partial charge in [0.25, 0.3) is 0 Å². The third-order valence-electron chi connectivity index (χ3n) is 4.81. The van der Waals surface area contributed by atoms with Crippen LogP contribution in [0.15, 0.2) is 53.7 Å². The molecule has 8 heteroatoms. The minimum atomic E-state index is -0.715. The van der Waals surface area contributed by atoms with Crippen molar-refractivity contribution in [2.24, 2.45) is 0 Å². The predicted octanol–water partition coefficient (Wildman–Crippen LogP) is 4.49. The summed E-state index contributed by atoms with van der Waals surface area (Å²) in [4.78, 5) is 19.5. The Bertz CT molecular complexity index is 1080. The van der Waals surface area contributed by atoms with Crippen molar-refractivity contribution in [2.75, 3.05) is 18.3 Å². The maximum Gasteiger partial charge on any atom is 0.247 e. The predicted molar refractivity (Wildman–Crippen MR) is 116 cm³/mol. The fourth-order valence-electron chi connectivity index (χ4n) is 3.42. The van der Waals surface area contributed by atoms with E-state index in [2.05, 4.69) is 15.2 Å². The lowest BCUT2D eigenvalue weighted by Crippen LogP contribution is -2.37. The average Bonchev–Trinajstić information content (AvgIpc) is 2.93. The number of thioether (sulfide) groups is 1. The SMILES string of the molecule is CCCC(=O)N1c2ccccc2-c2nnc(SC)nc2O[C@@H]1c1cccc(OC)c1. The van der Waals surface area contributed by atoms with Crippen LogP contribution in [0.4, 0.5) is 5.69 Å². The summed E-state index contributed by atoms with van der Waals surface area (Å²) >= 11 is 1.38. The van der Waals surface area contributed by atoms with Crippen molar-refractivity contribution >= 4 is 23.4 Å². The minimum Gasteiger partial charge on any atom is -0.497 e. The molecule has 1 aromatic heterocycles. The Morgan fingerprint density at radius 2 is 2.03 bits per heavy atom. The minimum absolute atomic E-state index is 0.0383. The number of hydrogen-bond acceptors (Lipinski definition) is 7. The lowest BCUT2D eigenvalue weighted by Gasteiger charge is -2.31. The van der Waals surface area contributed by atoms with Gasteiger partial charge in [0.1, 0.15) is 5.75 Å². The molecule has 2 heterocycles. The van der Waals surface area contributed by atoms with Crippen molar-refractivity contribution in [1.82, 2.24) is 15.2 Å². The molecule has 0 spiro atoms. The average molecular weight is 423 g/mol. The summed E-state index contributed by atoms with van der Waals surface area (Å²) in [6.07, 6.45) is 2.28. The largest absolute Gasteiger partial charge is 0.497 e. The number of fused-ring (bicyclic) bond motifs is 3. The fraction of sp³-hybridized carbons (Fsp3) is 0.273. The van der Waals surface area contributed by atoms with E-state index in [0.29, 0.717) is 28.9 Å². The van der Waals surface area contributed by atoms with E-state index in [1.807, 2.05) is 61.7 Å². The van der Waals surface area contributed by atoms with Crippen LogP contribution in [0.2, 0.25) is 0 Å². The van der Waals surface area contributed by atoms with Crippen LogP contribution in [0.5, 0.6) is 11.6 Å². The number of methoxy groups -OCH3 is 1. The fourth-order valence-corrected chi connectivity index (χ4v) is 3.71. The zero-order valence-electron chi connectivity index (χ0n) is 17.0. The highest BCUT2D eigenvalue weighted by Crippen LogP contribution is 2.43. The number of rotatable bonds is 5. The van der Waals surface area contributed by atoms with E-state index < -0.39 is 6.23 Å². The van der Waals surface area contributed by atoms with E-state index >= 15 is 0 Å². The summed E-state index contributed by atoms with van der Waals surface area (Å²) in [6, 6.07) is 15.1. The van der Waals surface area contributed by atoms with Crippen molar-refractivity contribution in [3.05, 3.63) is 54.1 Å². The number of benzene rings is 2. The van der Waals surface area contributed by atoms with E-state index in [0.717, 1.165) is 23.2 Å². The van der Waals surface area contributed by atoms with Crippen LogP contribution >= 0.6 is 11.8 Å². The van der Waals surface area contributed by atoms with Crippen LogP contribution in [0.25, 0.3) is 11.3 Å². The van der Waals surface area contributed by atoms with Crippen LogP contribution in [-0.2, 0) is 4.79 Å². The topological polar surface area (TPSA) is 77.4 Å². The van der Waals surface area contributed by atoms with Gasteiger partial charge in [0, 0.05) is 17.5 Å². The Labute approximate surface area is 179 Å². The molecule has 1 amide bonds. The van der Waals surface area contributed by atoms with Crippen LogP contribution in [0.3, 0.4) is 0 Å². The Morgan fingerprint density at radius 3 is 2.80 bits per heavy atom. The molecular formula is C22H22N4O3S. The van der Waals surface area contributed by atoms with Gasteiger partial charge in [-0.1, -0.05) is 49.0 Å². The van der Waals surface area contributed by atoms with Gasteiger partial charge in [-0.2, -0.15) is 4.98 Å². The van der Waals surface area contributed by atoms with E-state index in [1.54, 1.807) is 12.0 Å². The van der Waals surface area contributed by atoms with Gasteiger partial charge in [-0.05, 0) is 30.9 Å². The monoisotopic (exact) mass is 422 g/mol. The van der Waals surface area contributed by atoms with Crippen LogP contribution in [0, 0.1) is 0 Å². The van der Waals surface area contributed by atoms with Crippen molar-refractivity contribution in [3.8, 4) is 22.9 Å². The van der Waals surface area contributed by atoms with Crippen molar-refractivity contribution < 1.29 is 14.3 Å². The highest BCUT2D eigenvalue weighted by Gasteiger charge is 2.35. The molecule has 0 saturated heterocycles. The zero-order chi connectivity index (χ0) is 21.1. The Balaban J connectivity index is 1.95. The third-order valence-corrected chi connectivity index (χ3v) is 5.34. The smallest absolute Gasteiger partial charge is 0.247 e. The normalized spacial score (nSPS) is 14.9. The first kappa shape index (κ1) is 20.2. The highest BCUT2D eigenvalue weighted by molar-refractivity contribution is 7.98. The number of carbonyl (C=O) groups is 1. The molecule has 1 aliphatic heterocycles. The standard InChI is InChI=1S/C22H22N4O3S/c1-4-8-18(27)26-17-12-6-5-11-16(17)19-20(23-22(30-3)25-24-19)29-21(26)14-9-7-10-15(13-14)28-2/h5-7,9-13,21H,4,8H2,1-3H3/t21-/m1/s1. The van der Waals surface area contributed by atoms with Crippen molar-refractivity contribution in [3.63, 3.8) is 0 Å². The molecule has 7 nitrogen and oxygen atoms in total. The first-order chi connectivity index (χ1) is 14.7. The second-order valence-corrected chi connectivity index (χ2v) is 7.50. The molecule has 154 valence electrons. The van der Waals surface area contributed by atoms with E-state index in [4.69, 9.17) is 9.47 Å². The van der Waals surface area contributed by atoms with Gasteiger partial charge in [-0.15, -0.1) is 10.2 Å².